The first-order valence-corrected chi connectivity index (χ1v) is 8.79. The second kappa shape index (κ2) is 8.66. The van der Waals surface area contributed by atoms with Gasteiger partial charge in [0.05, 0.1) is 7.11 Å². The molecule has 0 bridgehead atoms. The van der Waals surface area contributed by atoms with E-state index in [1.54, 1.807) is 7.11 Å². The molecule has 4 heteroatoms. The van der Waals surface area contributed by atoms with Gasteiger partial charge in [0, 0.05) is 29.8 Å². The van der Waals surface area contributed by atoms with Crippen LogP contribution in [-0.2, 0) is 4.74 Å². The van der Waals surface area contributed by atoms with Crippen LogP contribution in [0.4, 0.5) is 0 Å². The number of thioether (sulfide) groups is 1. The first-order valence-electron chi connectivity index (χ1n) is 7.85. The van der Waals surface area contributed by atoms with Gasteiger partial charge in [-0.2, -0.15) is 11.8 Å². The Morgan fingerprint density at radius 1 is 1.29 bits per heavy atom. The van der Waals surface area contributed by atoms with Gasteiger partial charge in [-0.05, 0) is 37.1 Å². The zero-order valence-electron chi connectivity index (χ0n) is 13.3. The molecule has 21 heavy (non-hydrogen) atoms. The number of benzene rings is 1. The van der Waals surface area contributed by atoms with Crippen LogP contribution in [0, 0.1) is 0 Å². The maximum absolute atomic E-state index is 5.46. The molecule has 2 unspecified atom stereocenters. The molecule has 0 aromatic heterocycles. The second-order valence-corrected chi connectivity index (χ2v) is 7.14. The van der Waals surface area contributed by atoms with Crippen LogP contribution in [0.15, 0.2) is 24.3 Å². The van der Waals surface area contributed by atoms with Crippen molar-refractivity contribution in [1.82, 2.24) is 5.32 Å². The SMILES string of the molecule is CCNC(c1ccc(OC)cc1)C(C)SC1CCOCC1. The minimum Gasteiger partial charge on any atom is -0.497 e. The lowest BCUT2D eigenvalue weighted by Crippen LogP contribution is -2.30. The van der Waals surface area contributed by atoms with Crippen LogP contribution in [0.25, 0.3) is 0 Å². The van der Waals surface area contributed by atoms with E-state index in [2.05, 4.69) is 43.1 Å². The Bertz CT molecular complexity index is 404. The van der Waals surface area contributed by atoms with Crippen molar-refractivity contribution in [2.24, 2.45) is 0 Å². The van der Waals surface area contributed by atoms with Crippen molar-refractivity contribution < 1.29 is 9.47 Å². The van der Waals surface area contributed by atoms with E-state index in [0.717, 1.165) is 30.8 Å². The summed E-state index contributed by atoms with van der Waals surface area (Å²) in [6.07, 6.45) is 2.35. The molecule has 1 aromatic carbocycles. The number of methoxy groups -OCH3 is 1. The molecule has 1 aromatic rings. The topological polar surface area (TPSA) is 30.5 Å². The predicted octanol–water partition coefficient (Wildman–Crippen LogP) is 3.65. The first-order chi connectivity index (χ1) is 10.2. The number of nitrogens with one attached hydrogen (secondary N) is 1. The zero-order valence-corrected chi connectivity index (χ0v) is 14.1. The number of hydrogen-bond donors (Lipinski definition) is 1. The van der Waals surface area contributed by atoms with Crippen LogP contribution in [0.2, 0.25) is 0 Å². The summed E-state index contributed by atoms with van der Waals surface area (Å²) in [6.45, 7) is 7.31. The summed E-state index contributed by atoms with van der Waals surface area (Å²) in [7, 11) is 1.71. The maximum Gasteiger partial charge on any atom is 0.118 e. The van der Waals surface area contributed by atoms with E-state index < -0.39 is 0 Å². The Hall–Kier alpha value is -0.710. The summed E-state index contributed by atoms with van der Waals surface area (Å²) in [5, 5.41) is 4.91. The van der Waals surface area contributed by atoms with Crippen LogP contribution >= 0.6 is 11.8 Å². The summed E-state index contributed by atoms with van der Waals surface area (Å²) < 4.78 is 10.7. The van der Waals surface area contributed by atoms with Gasteiger partial charge in [0.2, 0.25) is 0 Å². The Kier molecular flexibility index (Phi) is 6.87. The highest BCUT2D eigenvalue weighted by Gasteiger charge is 2.24. The maximum atomic E-state index is 5.46. The normalized spacial score (nSPS) is 19.2. The monoisotopic (exact) mass is 309 g/mol. The van der Waals surface area contributed by atoms with Crippen LogP contribution < -0.4 is 10.1 Å². The van der Waals surface area contributed by atoms with Gasteiger partial charge in [0.25, 0.3) is 0 Å². The summed E-state index contributed by atoms with van der Waals surface area (Å²) in [4.78, 5) is 0. The van der Waals surface area contributed by atoms with Gasteiger partial charge in [0.15, 0.2) is 0 Å². The summed E-state index contributed by atoms with van der Waals surface area (Å²) in [5.74, 6) is 0.915. The molecule has 1 N–H and O–H groups in total. The molecule has 2 atom stereocenters. The number of hydrogen-bond acceptors (Lipinski definition) is 4. The van der Waals surface area contributed by atoms with Gasteiger partial charge < -0.3 is 14.8 Å². The molecule has 1 aliphatic heterocycles. The van der Waals surface area contributed by atoms with Gasteiger partial charge in [-0.15, -0.1) is 0 Å². The van der Waals surface area contributed by atoms with E-state index in [0.29, 0.717) is 11.3 Å². The standard InChI is InChI=1S/C17H27NO2S/c1-4-18-17(14-5-7-15(19-3)8-6-14)13(2)21-16-9-11-20-12-10-16/h5-8,13,16-18H,4,9-12H2,1-3H3. The van der Waals surface area contributed by atoms with Crippen molar-refractivity contribution >= 4 is 11.8 Å². The molecule has 118 valence electrons. The van der Waals surface area contributed by atoms with Gasteiger partial charge in [-0.3, -0.25) is 0 Å². The van der Waals surface area contributed by atoms with Crippen LogP contribution in [0.5, 0.6) is 5.75 Å². The Balaban J connectivity index is 2.01. The lowest BCUT2D eigenvalue weighted by Gasteiger charge is -2.30. The number of rotatable bonds is 7. The molecule has 0 spiro atoms. The van der Waals surface area contributed by atoms with Crippen molar-refractivity contribution in [3.05, 3.63) is 29.8 Å². The molecule has 0 radical (unpaired) electrons. The van der Waals surface area contributed by atoms with Gasteiger partial charge >= 0.3 is 0 Å². The van der Waals surface area contributed by atoms with Gasteiger partial charge in [0.1, 0.15) is 5.75 Å². The largest absolute Gasteiger partial charge is 0.497 e. The van der Waals surface area contributed by atoms with Crippen LogP contribution in [-0.4, -0.2) is 37.4 Å². The summed E-state index contributed by atoms with van der Waals surface area (Å²) >= 11 is 2.10. The predicted molar refractivity (Wildman–Crippen MR) is 90.3 cm³/mol. The zero-order chi connectivity index (χ0) is 15.1. The Labute approximate surface area is 132 Å². The highest BCUT2D eigenvalue weighted by atomic mass is 32.2. The quantitative estimate of drug-likeness (QED) is 0.833. The summed E-state index contributed by atoms with van der Waals surface area (Å²) in [5.41, 5.74) is 1.34. The highest BCUT2D eigenvalue weighted by molar-refractivity contribution is 8.00. The van der Waals surface area contributed by atoms with Gasteiger partial charge in [-0.25, -0.2) is 0 Å². The molecule has 0 amide bonds. The molecule has 1 saturated heterocycles. The average Bonchev–Trinajstić information content (AvgIpc) is 2.53. The van der Waals surface area contributed by atoms with Crippen LogP contribution in [0.3, 0.4) is 0 Å². The molecule has 0 saturated carbocycles. The fourth-order valence-electron chi connectivity index (χ4n) is 2.78. The lowest BCUT2D eigenvalue weighted by atomic mass is 10.0. The minimum absolute atomic E-state index is 0.383. The number of ether oxygens (including phenoxy) is 2. The summed E-state index contributed by atoms with van der Waals surface area (Å²) in [6, 6.07) is 8.82. The third kappa shape index (κ3) is 4.90. The lowest BCUT2D eigenvalue weighted by molar-refractivity contribution is 0.0999. The first kappa shape index (κ1) is 16.7. The van der Waals surface area contributed by atoms with E-state index in [4.69, 9.17) is 9.47 Å². The molecule has 3 nitrogen and oxygen atoms in total. The molecule has 1 heterocycles. The molecular weight excluding hydrogens is 282 g/mol. The minimum atomic E-state index is 0.383. The van der Waals surface area contributed by atoms with Crippen molar-refractivity contribution in [3.8, 4) is 5.75 Å². The highest BCUT2D eigenvalue weighted by Crippen LogP contribution is 2.33. The third-order valence-electron chi connectivity index (χ3n) is 3.94. The molecule has 0 aliphatic carbocycles. The Morgan fingerprint density at radius 2 is 1.95 bits per heavy atom. The molecular formula is C17H27NO2S. The smallest absolute Gasteiger partial charge is 0.118 e. The van der Waals surface area contributed by atoms with Crippen molar-refractivity contribution in [2.75, 3.05) is 26.9 Å². The van der Waals surface area contributed by atoms with E-state index in [1.807, 2.05) is 12.1 Å². The molecule has 1 aliphatic rings. The van der Waals surface area contributed by atoms with E-state index >= 15 is 0 Å². The fraction of sp³-hybridized carbons (Fsp3) is 0.647. The van der Waals surface area contributed by atoms with Gasteiger partial charge in [-0.1, -0.05) is 26.0 Å². The fourth-order valence-corrected chi connectivity index (χ4v) is 4.26. The Morgan fingerprint density at radius 3 is 2.52 bits per heavy atom. The van der Waals surface area contributed by atoms with E-state index in [-0.39, 0.29) is 0 Å². The van der Waals surface area contributed by atoms with Crippen molar-refractivity contribution in [1.29, 1.82) is 0 Å². The molecule has 2 rings (SSSR count). The second-order valence-electron chi connectivity index (χ2n) is 5.46. The van der Waals surface area contributed by atoms with E-state index in [1.165, 1.54) is 18.4 Å². The molecule has 1 fully saturated rings. The van der Waals surface area contributed by atoms with Crippen LogP contribution in [0.1, 0.15) is 38.3 Å². The van der Waals surface area contributed by atoms with E-state index in [9.17, 15) is 0 Å². The third-order valence-corrected chi connectivity index (χ3v) is 5.50. The van der Waals surface area contributed by atoms with Crippen molar-refractivity contribution in [3.63, 3.8) is 0 Å². The average molecular weight is 309 g/mol. The van der Waals surface area contributed by atoms with Crippen molar-refractivity contribution in [2.45, 2.75) is 43.2 Å².